The van der Waals surface area contributed by atoms with Crippen LogP contribution in [0.15, 0.2) is 39.9 Å². The third-order valence-electron chi connectivity index (χ3n) is 4.16. The van der Waals surface area contributed by atoms with Crippen molar-refractivity contribution in [3.63, 3.8) is 0 Å². The normalized spacial score (nSPS) is 10.9. The Kier molecular flexibility index (Phi) is 6.29. The van der Waals surface area contributed by atoms with Crippen molar-refractivity contribution in [2.24, 2.45) is 14.1 Å². The van der Waals surface area contributed by atoms with Crippen molar-refractivity contribution >= 4 is 5.69 Å². The number of hydrogen-bond donors (Lipinski definition) is 0. The maximum absolute atomic E-state index is 11.9. The maximum atomic E-state index is 11.9. The van der Waals surface area contributed by atoms with E-state index in [-0.39, 0.29) is 16.9 Å². The van der Waals surface area contributed by atoms with Gasteiger partial charge in [0.05, 0.1) is 4.92 Å². The van der Waals surface area contributed by atoms with Gasteiger partial charge in [0, 0.05) is 57.5 Å². The molecule has 2 aromatic rings. The summed E-state index contributed by atoms with van der Waals surface area (Å²) < 4.78 is 8.12. The molecule has 0 fully saturated rings. The molecule has 0 saturated carbocycles. The zero-order valence-electron chi connectivity index (χ0n) is 15.0. The van der Waals surface area contributed by atoms with Gasteiger partial charge in [0.1, 0.15) is 12.4 Å². The second kappa shape index (κ2) is 8.43. The molecule has 0 amide bonds. The number of aromatic nitrogens is 2. The third kappa shape index (κ3) is 4.79. The molecule has 2 rings (SSSR count). The van der Waals surface area contributed by atoms with Crippen molar-refractivity contribution in [2.45, 2.75) is 6.42 Å². The first-order valence-electron chi connectivity index (χ1n) is 8.11. The predicted molar refractivity (Wildman–Crippen MR) is 96.7 cm³/mol. The molecule has 9 heteroatoms. The van der Waals surface area contributed by atoms with Gasteiger partial charge in [0.2, 0.25) is 0 Å². The van der Waals surface area contributed by atoms with Crippen LogP contribution in [0.4, 0.5) is 5.69 Å². The van der Waals surface area contributed by atoms with Crippen LogP contribution in [0.3, 0.4) is 0 Å². The molecule has 0 aliphatic rings. The first-order valence-corrected chi connectivity index (χ1v) is 8.11. The second-order valence-corrected chi connectivity index (χ2v) is 6.03. The van der Waals surface area contributed by atoms with E-state index in [1.165, 1.54) is 29.8 Å². The van der Waals surface area contributed by atoms with E-state index in [1.54, 1.807) is 19.2 Å². The number of non-ortho nitro benzene ring substituents is 1. The highest BCUT2D eigenvalue weighted by Crippen LogP contribution is 2.17. The summed E-state index contributed by atoms with van der Waals surface area (Å²) in [6, 6.07) is 7.40. The molecule has 0 radical (unpaired) electrons. The first-order chi connectivity index (χ1) is 12.3. The van der Waals surface area contributed by atoms with Crippen molar-refractivity contribution < 1.29 is 9.66 Å². The third-order valence-corrected chi connectivity index (χ3v) is 4.16. The Balaban J connectivity index is 1.82. The van der Waals surface area contributed by atoms with Crippen molar-refractivity contribution in [1.82, 2.24) is 14.0 Å². The maximum Gasteiger partial charge on any atom is 0.330 e. The lowest BCUT2D eigenvalue weighted by Gasteiger charge is -2.18. The Labute approximate surface area is 150 Å². The molecule has 9 nitrogen and oxygen atoms in total. The van der Waals surface area contributed by atoms with Gasteiger partial charge in [0.25, 0.3) is 11.2 Å². The summed E-state index contributed by atoms with van der Waals surface area (Å²) in [5, 5.41) is 10.6. The van der Waals surface area contributed by atoms with Crippen LogP contribution in [-0.2, 0) is 20.5 Å². The fourth-order valence-electron chi connectivity index (χ4n) is 2.42. The Hall–Kier alpha value is -2.94. The summed E-state index contributed by atoms with van der Waals surface area (Å²) in [6.07, 6.45) is 0.565. The lowest BCUT2D eigenvalue weighted by molar-refractivity contribution is -0.384. The minimum absolute atomic E-state index is 0.0223. The molecule has 1 heterocycles. The Bertz CT molecular complexity index is 886. The summed E-state index contributed by atoms with van der Waals surface area (Å²) in [5.41, 5.74) is 0.0548. The van der Waals surface area contributed by atoms with Gasteiger partial charge < -0.3 is 14.2 Å². The molecular weight excluding hydrogens is 340 g/mol. The molecule has 0 unspecified atom stereocenters. The van der Waals surface area contributed by atoms with Crippen molar-refractivity contribution in [2.75, 3.05) is 26.7 Å². The fourth-order valence-corrected chi connectivity index (χ4v) is 2.42. The van der Waals surface area contributed by atoms with Gasteiger partial charge in [-0.1, -0.05) is 0 Å². The monoisotopic (exact) mass is 362 g/mol. The quantitative estimate of drug-likeness (QED) is 0.502. The standard InChI is InChI=1S/C17H22N4O5/c1-18(9-8-14-12-16(22)20(3)17(23)19(14)2)10-11-26-15-6-4-13(5-7-15)21(24)25/h4-7,12H,8-11H2,1-3H3. The number of nitro groups is 1. The second-order valence-electron chi connectivity index (χ2n) is 6.03. The zero-order chi connectivity index (χ0) is 19.3. The highest BCUT2D eigenvalue weighted by molar-refractivity contribution is 5.35. The molecule has 140 valence electrons. The van der Waals surface area contributed by atoms with E-state index in [0.29, 0.717) is 37.6 Å². The smallest absolute Gasteiger partial charge is 0.330 e. The largest absolute Gasteiger partial charge is 0.492 e. The van der Waals surface area contributed by atoms with Crippen LogP contribution in [0.5, 0.6) is 5.75 Å². The van der Waals surface area contributed by atoms with Gasteiger partial charge in [-0.15, -0.1) is 0 Å². The van der Waals surface area contributed by atoms with Crippen LogP contribution >= 0.6 is 0 Å². The summed E-state index contributed by atoms with van der Waals surface area (Å²) in [6.45, 7) is 1.71. The molecule has 0 atom stereocenters. The Morgan fingerprint density at radius 1 is 1.12 bits per heavy atom. The van der Waals surface area contributed by atoms with Crippen LogP contribution in [0.1, 0.15) is 5.69 Å². The molecule has 0 aliphatic heterocycles. The Morgan fingerprint density at radius 2 is 1.77 bits per heavy atom. The fraction of sp³-hybridized carbons (Fsp3) is 0.412. The highest BCUT2D eigenvalue weighted by Gasteiger charge is 2.08. The van der Waals surface area contributed by atoms with Crippen LogP contribution in [0.25, 0.3) is 0 Å². The molecule has 0 spiro atoms. The number of nitrogens with zero attached hydrogens (tertiary/aromatic N) is 4. The van der Waals surface area contributed by atoms with Gasteiger partial charge in [-0.25, -0.2) is 4.79 Å². The molecule has 0 aliphatic carbocycles. The summed E-state index contributed by atoms with van der Waals surface area (Å²) in [5.74, 6) is 0.568. The summed E-state index contributed by atoms with van der Waals surface area (Å²) in [7, 11) is 5.02. The lowest BCUT2D eigenvalue weighted by Crippen LogP contribution is -2.38. The van der Waals surface area contributed by atoms with Crippen molar-refractivity contribution in [1.29, 1.82) is 0 Å². The molecule has 1 aromatic carbocycles. The molecule has 0 bridgehead atoms. The predicted octanol–water partition coefficient (Wildman–Crippen LogP) is 0.545. The lowest BCUT2D eigenvalue weighted by atomic mass is 10.2. The van der Waals surface area contributed by atoms with Gasteiger partial charge >= 0.3 is 5.69 Å². The average molecular weight is 362 g/mol. The zero-order valence-corrected chi connectivity index (χ0v) is 15.0. The van der Waals surface area contributed by atoms with Gasteiger partial charge in [-0.2, -0.15) is 0 Å². The van der Waals surface area contributed by atoms with Crippen molar-refractivity contribution in [3.8, 4) is 5.75 Å². The highest BCUT2D eigenvalue weighted by atomic mass is 16.6. The number of rotatable bonds is 8. The minimum atomic E-state index is -0.457. The molecule has 0 saturated heterocycles. The van der Waals surface area contributed by atoms with Crippen LogP contribution < -0.4 is 16.0 Å². The van der Waals surface area contributed by atoms with Gasteiger partial charge in [0.15, 0.2) is 0 Å². The summed E-state index contributed by atoms with van der Waals surface area (Å²) >= 11 is 0. The van der Waals surface area contributed by atoms with Crippen LogP contribution in [0.2, 0.25) is 0 Å². The molecule has 26 heavy (non-hydrogen) atoms. The number of likely N-dealkylation sites (N-methyl/N-ethyl adjacent to an activating group) is 1. The summed E-state index contributed by atoms with van der Waals surface area (Å²) in [4.78, 5) is 35.8. The number of nitro benzene ring substituents is 1. The van der Waals surface area contributed by atoms with E-state index < -0.39 is 4.92 Å². The van der Waals surface area contributed by atoms with E-state index in [1.807, 2.05) is 11.9 Å². The topological polar surface area (TPSA) is 99.6 Å². The van der Waals surface area contributed by atoms with Crippen molar-refractivity contribution in [3.05, 3.63) is 67.0 Å². The molecular formula is C17H22N4O5. The van der Waals surface area contributed by atoms with E-state index >= 15 is 0 Å². The average Bonchev–Trinajstić information content (AvgIpc) is 2.62. The van der Waals surface area contributed by atoms with Gasteiger partial charge in [-0.3, -0.25) is 19.5 Å². The number of benzene rings is 1. The van der Waals surface area contributed by atoms with E-state index in [0.717, 1.165) is 4.57 Å². The van der Waals surface area contributed by atoms with Gasteiger partial charge in [-0.05, 0) is 19.2 Å². The molecule has 0 N–H and O–H groups in total. The Morgan fingerprint density at radius 3 is 2.38 bits per heavy atom. The first kappa shape index (κ1) is 19.4. The van der Waals surface area contributed by atoms with Crippen LogP contribution in [0, 0.1) is 10.1 Å². The SMILES string of the molecule is CN(CCOc1ccc([N+](=O)[O-])cc1)CCc1cc(=O)n(C)c(=O)n1C. The number of hydrogen-bond acceptors (Lipinski definition) is 6. The number of ether oxygens (including phenoxy) is 1. The van der Waals surface area contributed by atoms with E-state index in [4.69, 9.17) is 4.74 Å². The van der Waals surface area contributed by atoms with E-state index in [9.17, 15) is 19.7 Å². The minimum Gasteiger partial charge on any atom is -0.492 e. The van der Waals surface area contributed by atoms with Crippen LogP contribution in [-0.4, -0.2) is 45.7 Å². The molecule has 1 aromatic heterocycles. The van der Waals surface area contributed by atoms with E-state index in [2.05, 4.69) is 0 Å².